The highest BCUT2D eigenvalue weighted by Crippen LogP contribution is 2.24. The van der Waals surface area contributed by atoms with Gasteiger partial charge in [-0.05, 0) is 25.2 Å². The molecule has 1 fully saturated rings. The number of piperazine rings is 1. The molecule has 2 rings (SSSR count). The summed E-state index contributed by atoms with van der Waals surface area (Å²) in [6, 6.07) is 5.09. The Kier molecular flexibility index (Phi) is 3.26. The largest absolute Gasteiger partial charge is 0.367 e. The van der Waals surface area contributed by atoms with Gasteiger partial charge in [0.15, 0.2) is 0 Å². The number of benzene rings is 1. The summed E-state index contributed by atoms with van der Waals surface area (Å²) in [7, 11) is 2.09. The number of halogens is 2. The molecular weight excluding hydrogens is 259 g/mol. The second kappa shape index (κ2) is 4.49. The number of hydrogen-bond acceptors (Lipinski definition) is 2. The van der Waals surface area contributed by atoms with Crippen LogP contribution in [0.2, 0.25) is 0 Å². The number of hydrogen-bond donors (Lipinski definition) is 0. The predicted octanol–water partition coefficient (Wildman–Crippen LogP) is 2.34. The standard InChI is InChI=1S/C11H14BrFN2/c1-14-4-6-15(7-5-14)11-8-9(12)2-3-10(11)13/h2-3,8H,4-7H2,1H3. The Bertz CT molecular complexity index is 348. The van der Waals surface area contributed by atoms with Gasteiger partial charge in [-0.15, -0.1) is 0 Å². The van der Waals surface area contributed by atoms with E-state index in [1.54, 1.807) is 6.07 Å². The molecule has 1 aromatic rings. The molecule has 0 bridgehead atoms. The number of nitrogens with zero attached hydrogens (tertiary/aromatic N) is 2. The molecule has 1 aliphatic heterocycles. The average Bonchev–Trinajstić information content (AvgIpc) is 2.23. The Labute approximate surface area is 97.8 Å². The molecule has 0 saturated carbocycles. The molecule has 1 saturated heterocycles. The average molecular weight is 273 g/mol. The van der Waals surface area contributed by atoms with E-state index >= 15 is 0 Å². The van der Waals surface area contributed by atoms with E-state index in [4.69, 9.17) is 0 Å². The van der Waals surface area contributed by atoms with Gasteiger partial charge in [0.2, 0.25) is 0 Å². The molecule has 0 N–H and O–H groups in total. The van der Waals surface area contributed by atoms with Gasteiger partial charge in [-0.2, -0.15) is 0 Å². The maximum Gasteiger partial charge on any atom is 0.146 e. The van der Waals surface area contributed by atoms with Gasteiger partial charge < -0.3 is 9.80 Å². The molecule has 0 unspecified atom stereocenters. The number of rotatable bonds is 1. The molecular formula is C11H14BrFN2. The molecule has 82 valence electrons. The zero-order valence-electron chi connectivity index (χ0n) is 8.71. The monoisotopic (exact) mass is 272 g/mol. The maximum atomic E-state index is 13.6. The summed E-state index contributed by atoms with van der Waals surface area (Å²) in [4.78, 5) is 4.35. The fourth-order valence-corrected chi connectivity index (χ4v) is 2.12. The summed E-state index contributed by atoms with van der Waals surface area (Å²) in [5.74, 6) is -0.136. The van der Waals surface area contributed by atoms with Crippen LogP contribution in [0.4, 0.5) is 10.1 Å². The Balaban J connectivity index is 2.18. The second-order valence-electron chi connectivity index (χ2n) is 3.89. The highest BCUT2D eigenvalue weighted by molar-refractivity contribution is 9.10. The molecule has 1 aliphatic rings. The van der Waals surface area contributed by atoms with Crippen LogP contribution in [0.15, 0.2) is 22.7 Å². The van der Waals surface area contributed by atoms with E-state index < -0.39 is 0 Å². The minimum absolute atomic E-state index is 0.136. The van der Waals surface area contributed by atoms with Crippen molar-refractivity contribution < 1.29 is 4.39 Å². The lowest BCUT2D eigenvalue weighted by Crippen LogP contribution is -2.44. The lowest BCUT2D eigenvalue weighted by atomic mass is 10.2. The third kappa shape index (κ3) is 2.49. The van der Waals surface area contributed by atoms with Crippen LogP contribution in [-0.2, 0) is 0 Å². The van der Waals surface area contributed by atoms with Crippen LogP contribution >= 0.6 is 15.9 Å². The first-order valence-corrected chi connectivity index (χ1v) is 5.84. The first-order chi connectivity index (χ1) is 7.16. The fraction of sp³-hybridized carbons (Fsp3) is 0.455. The quantitative estimate of drug-likeness (QED) is 0.775. The van der Waals surface area contributed by atoms with E-state index in [2.05, 4.69) is 32.8 Å². The molecule has 0 spiro atoms. The van der Waals surface area contributed by atoms with Crippen molar-refractivity contribution in [3.63, 3.8) is 0 Å². The van der Waals surface area contributed by atoms with E-state index in [0.29, 0.717) is 5.69 Å². The SMILES string of the molecule is CN1CCN(c2cc(Br)ccc2F)CC1. The molecule has 2 nitrogen and oxygen atoms in total. The summed E-state index contributed by atoms with van der Waals surface area (Å²) in [6.45, 7) is 3.77. The summed E-state index contributed by atoms with van der Waals surface area (Å²) in [5, 5.41) is 0. The van der Waals surface area contributed by atoms with Crippen molar-refractivity contribution in [2.24, 2.45) is 0 Å². The molecule has 1 aromatic carbocycles. The molecule has 4 heteroatoms. The lowest BCUT2D eigenvalue weighted by Gasteiger charge is -2.34. The molecule has 0 radical (unpaired) electrons. The van der Waals surface area contributed by atoms with Crippen LogP contribution in [0, 0.1) is 5.82 Å². The Morgan fingerprint density at radius 1 is 1.20 bits per heavy atom. The Morgan fingerprint density at radius 2 is 1.87 bits per heavy atom. The van der Waals surface area contributed by atoms with Crippen molar-refractivity contribution in [3.05, 3.63) is 28.5 Å². The van der Waals surface area contributed by atoms with Gasteiger partial charge in [-0.25, -0.2) is 4.39 Å². The third-order valence-corrected chi connectivity index (χ3v) is 3.25. The Hall–Kier alpha value is -0.610. The number of anilines is 1. The van der Waals surface area contributed by atoms with Crippen molar-refractivity contribution >= 4 is 21.6 Å². The van der Waals surface area contributed by atoms with Gasteiger partial charge in [-0.1, -0.05) is 15.9 Å². The highest BCUT2D eigenvalue weighted by atomic mass is 79.9. The predicted molar refractivity (Wildman–Crippen MR) is 63.8 cm³/mol. The zero-order valence-corrected chi connectivity index (χ0v) is 10.3. The summed E-state index contributed by atoms with van der Waals surface area (Å²) < 4.78 is 14.5. The Morgan fingerprint density at radius 3 is 2.53 bits per heavy atom. The molecule has 1 heterocycles. The van der Waals surface area contributed by atoms with Crippen molar-refractivity contribution in [2.75, 3.05) is 38.1 Å². The molecule has 0 atom stereocenters. The lowest BCUT2D eigenvalue weighted by molar-refractivity contribution is 0.311. The normalized spacial score (nSPS) is 18.2. The van der Waals surface area contributed by atoms with Crippen molar-refractivity contribution in [1.82, 2.24) is 4.90 Å². The van der Waals surface area contributed by atoms with Gasteiger partial charge in [-0.3, -0.25) is 0 Å². The molecule has 0 aromatic heterocycles. The smallest absolute Gasteiger partial charge is 0.146 e. The highest BCUT2D eigenvalue weighted by Gasteiger charge is 2.17. The fourth-order valence-electron chi connectivity index (χ4n) is 1.78. The second-order valence-corrected chi connectivity index (χ2v) is 4.80. The zero-order chi connectivity index (χ0) is 10.8. The summed E-state index contributed by atoms with van der Waals surface area (Å²) in [6.07, 6.45) is 0. The summed E-state index contributed by atoms with van der Waals surface area (Å²) in [5.41, 5.74) is 0.706. The van der Waals surface area contributed by atoms with E-state index in [1.165, 1.54) is 6.07 Å². The van der Waals surface area contributed by atoms with Crippen LogP contribution in [0.1, 0.15) is 0 Å². The van der Waals surface area contributed by atoms with Crippen molar-refractivity contribution in [3.8, 4) is 0 Å². The van der Waals surface area contributed by atoms with Gasteiger partial charge in [0.1, 0.15) is 5.82 Å². The first kappa shape index (κ1) is 10.9. The molecule has 0 amide bonds. The first-order valence-electron chi connectivity index (χ1n) is 5.05. The van der Waals surface area contributed by atoms with Crippen molar-refractivity contribution in [1.29, 1.82) is 0 Å². The minimum atomic E-state index is -0.136. The number of likely N-dealkylation sites (N-methyl/N-ethyl adjacent to an activating group) is 1. The van der Waals surface area contributed by atoms with Crippen LogP contribution in [0.5, 0.6) is 0 Å². The summed E-state index contributed by atoms with van der Waals surface area (Å²) >= 11 is 3.37. The van der Waals surface area contributed by atoms with E-state index in [0.717, 1.165) is 30.7 Å². The van der Waals surface area contributed by atoms with Gasteiger partial charge in [0.25, 0.3) is 0 Å². The van der Waals surface area contributed by atoms with Crippen molar-refractivity contribution in [2.45, 2.75) is 0 Å². The van der Waals surface area contributed by atoms with E-state index in [9.17, 15) is 4.39 Å². The van der Waals surface area contributed by atoms with Gasteiger partial charge in [0, 0.05) is 30.7 Å². The molecule has 0 aliphatic carbocycles. The van der Waals surface area contributed by atoms with Crippen LogP contribution in [0.25, 0.3) is 0 Å². The van der Waals surface area contributed by atoms with E-state index in [-0.39, 0.29) is 5.82 Å². The third-order valence-electron chi connectivity index (χ3n) is 2.75. The van der Waals surface area contributed by atoms with Crippen LogP contribution in [-0.4, -0.2) is 38.1 Å². The maximum absolute atomic E-state index is 13.6. The van der Waals surface area contributed by atoms with E-state index in [1.807, 2.05) is 6.07 Å². The van der Waals surface area contributed by atoms with Crippen LogP contribution < -0.4 is 4.90 Å². The minimum Gasteiger partial charge on any atom is -0.367 e. The van der Waals surface area contributed by atoms with Crippen LogP contribution in [0.3, 0.4) is 0 Å². The van der Waals surface area contributed by atoms with Gasteiger partial charge >= 0.3 is 0 Å². The molecule has 15 heavy (non-hydrogen) atoms. The topological polar surface area (TPSA) is 6.48 Å². The van der Waals surface area contributed by atoms with Gasteiger partial charge in [0.05, 0.1) is 5.69 Å².